The van der Waals surface area contributed by atoms with Gasteiger partial charge in [-0.3, -0.25) is 9.98 Å². The van der Waals surface area contributed by atoms with E-state index < -0.39 is 0 Å². The number of aliphatic imine (C=N–C) groups is 2. The lowest BCUT2D eigenvalue weighted by Gasteiger charge is -2.22. The molecule has 1 saturated heterocycles. The minimum Gasteiger partial charge on any atom is -0.335 e. The van der Waals surface area contributed by atoms with Gasteiger partial charge in [-0.1, -0.05) is 0 Å². The highest BCUT2D eigenvalue weighted by atomic mass is 15.1. The predicted molar refractivity (Wildman–Crippen MR) is 59.0 cm³/mol. The molecule has 0 aromatic rings. The first-order valence-corrected chi connectivity index (χ1v) is 5.40. The highest BCUT2D eigenvalue weighted by Gasteiger charge is 2.15. The fourth-order valence-electron chi connectivity index (χ4n) is 1.88. The largest absolute Gasteiger partial charge is 0.335 e. The Hall–Kier alpha value is -0.900. The molecule has 2 aliphatic heterocycles. The van der Waals surface area contributed by atoms with Crippen molar-refractivity contribution in [2.24, 2.45) is 9.98 Å². The van der Waals surface area contributed by atoms with Crippen molar-refractivity contribution in [2.45, 2.75) is 38.3 Å². The van der Waals surface area contributed by atoms with Gasteiger partial charge in [-0.2, -0.15) is 0 Å². The first-order chi connectivity index (χ1) is 6.84. The van der Waals surface area contributed by atoms with E-state index in [0.717, 1.165) is 38.2 Å². The Morgan fingerprint density at radius 1 is 1.43 bits per heavy atom. The van der Waals surface area contributed by atoms with Gasteiger partial charge in [-0.25, -0.2) is 0 Å². The Balaban J connectivity index is 1.92. The fraction of sp³-hybridized carbons (Fsp3) is 0.800. The van der Waals surface area contributed by atoms with Gasteiger partial charge < -0.3 is 10.6 Å². The minimum absolute atomic E-state index is 0.386. The molecule has 4 heteroatoms. The number of nitrogens with zero attached hydrogens (tertiary/aromatic N) is 2. The van der Waals surface area contributed by atoms with Gasteiger partial charge in [-0.15, -0.1) is 0 Å². The van der Waals surface area contributed by atoms with Crippen LogP contribution in [0.1, 0.15) is 26.2 Å². The van der Waals surface area contributed by atoms with Crippen LogP contribution >= 0.6 is 0 Å². The third kappa shape index (κ3) is 2.54. The molecule has 0 spiro atoms. The summed E-state index contributed by atoms with van der Waals surface area (Å²) >= 11 is 0. The molecule has 2 rings (SSSR count). The summed E-state index contributed by atoms with van der Waals surface area (Å²) < 4.78 is 0. The number of amidine groups is 1. The van der Waals surface area contributed by atoms with Crippen LogP contribution in [0.25, 0.3) is 0 Å². The summed E-state index contributed by atoms with van der Waals surface area (Å²) in [6.45, 7) is 4.32. The smallest absolute Gasteiger partial charge is 0.104 e. The van der Waals surface area contributed by atoms with E-state index >= 15 is 0 Å². The molecule has 78 valence electrons. The van der Waals surface area contributed by atoms with E-state index in [9.17, 15) is 0 Å². The van der Waals surface area contributed by atoms with Gasteiger partial charge in [0.2, 0.25) is 0 Å². The maximum Gasteiger partial charge on any atom is 0.104 e. The van der Waals surface area contributed by atoms with E-state index in [1.807, 2.05) is 0 Å². The lowest BCUT2D eigenvalue weighted by molar-refractivity contribution is 0.458. The molecule has 0 amide bonds. The van der Waals surface area contributed by atoms with E-state index in [1.54, 1.807) is 6.34 Å². The molecule has 0 saturated carbocycles. The number of piperidine rings is 1. The summed E-state index contributed by atoms with van der Waals surface area (Å²) in [5, 5.41) is 6.48. The standard InChI is InChI=1S/C10H18N4/c1-8-6-10(13-7-12-8)14-9-2-4-11-5-3-9/h7-9,11H,2-6H2,1H3,(H,12,13,14). The van der Waals surface area contributed by atoms with E-state index in [0.29, 0.717) is 12.1 Å². The molecule has 1 atom stereocenters. The van der Waals surface area contributed by atoms with Crippen molar-refractivity contribution in [3.8, 4) is 0 Å². The second-order valence-electron chi connectivity index (χ2n) is 4.03. The number of rotatable bonds is 1. The summed E-state index contributed by atoms with van der Waals surface area (Å²) in [6, 6.07) is 0.897. The fourth-order valence-corrected chi connectivity index (χ4v) is 1.88. The highest BCUT2D eigenvalue weighted by Crippen LogP contribution is 2.09. The molecule has 2 N–H and O–H groups in total. The zero-order valence-electron chi connectivity index (χ0n) is 8.66. The molecule has 0 radical (unpaired) electrons. The van der Waals surface area contributed by atoms with Gasteiger partial charge >= 0.3 is 0 Å². The second-order valence-corrected chi connectivity index (χ2v) is 4.03. The zero-order valence-corrected chi connectivity index (χ0v) is 8.66. The van der Waals surface area contributed by atoms with Crippen LogP contribution in [0.2, 0.25) is 0 Å². The van der Waals surface area contributed by atoms with Gasteiger partial charge in [0, 0.05) is 6.42 Å². The van der Waals surface area contributed by atoms with Crippen LogP contribution in [0, 0.1) is 0 Å². The molecule has 1 fully saturated rings. The van der Waals surface area contributed by atoms with Gasteiger partial charge in [0.1, 0.15) is 5.84 Å². The lowest BCUT2D eigenvalue weighted by atomic mass is 10.1. The van der Waals surface area contributed by atoms with E-state index in [-0.39, 0.29) is 0 Å². The summed E-state index contributed by atoms with van der Waals surface area (Å²) in [6.07, 6.45) is 5.06. The minimum atomic E-state index is 0.386. The molecule has 2 heterocycles. The van der Waals surface area contributed by atoms with Crippen LogP contribution in [-0.2, 0) is 0 Å². The molecular formula is C10H18N4. The van der Waals surface area contributed by atoms with Crippen molar-refractivity contribution in [1.29, 1.82) is 0 Å². The van der Waals surface area contributed by atoms with Crippen LogP contribution in [0.3, 0.4) is 0 Å². The summed E-state index contributed by atoms with van der Waals surface area (Å²) in [4.78, 5) is 8.96. The molecule has 0 aliphatic carbocycles. The van der Waals surface area contributed by atoms with Gasteiger partial charge in [-0.05, 0) is 32.9 Å². The average molecular weight is 194 g/mol. The Morgan fingerprint density at radius 2 is 2.21 bits per heavy atom. The topological polar surface area (TPSA) is 48.8 Å². The van der Waals surface area contributed by atoms with E-state index in [1.165, 1.54) is 0 Å². The van der Waals surface area contributed by atoms with Crippen molar-refractivity contribution in [1.82, 2.24) is 10.6 Å². The van der Waals surface area contributed by atoms with Gasteiger partial charge in [0.25, 0.3) is 0 Å². The lowest BCUT2D eigenvalue weighted by Crippen LogP contribution is -2.35. The maximum absolute atomic E-state index is 4.72. The second kappa shape index (κ2) is 4.55. The Morgan fingerprint density at radius 3 is 2.93 bits per heavy atom. The highest BCUT2D eigenvalue weighted by molar-refractivity contribution is 5.93. The molecule has 4 nitrogen and oxygen atoms in total. The quantitative estimate of drug-likeness (QED) is 0.640. The van der Waals surface area contributed by atoms with Crippen LogP contribution < -0.4 is 10.6 Å². The molecular weight excluding hydrogens is 176 g/mol. The molecule has 14 heavy (non-hydrogen) atoms. The first kappa shape index (κ1) is 9.65. The molecule has 0 aromatic carbocycles. The molecule has 0 bridgehead atoms. The van der Waals surface area contributed by atoms with E-state index in [4.69, 9.17) is 4.99 Å². The van der Waals surface area contributed by atoms with E-state index in [2.05, 4.69) is 22.5 Å². The predicted octanol–water partition coefficient (Wildman–Crippen LogP) is 0.547. The third-order valence-corrected chi connectivity index (χ3v) is 2.70. The normalized spacial score (nSPS) is 31.8. The van der Waals surface area contributed by atoms with Crippen LogP contribution in [0.5, 0.6) is 0 Å². The SMILES string of the molecule is CC1CC(=NC2CCNCC2)NC=N1. The monoisotopic (exact) mass is 194 g/mol. The van der Waals surface area contributed by atoms with Crippen molar-refractivity contribution in [3.63, 3.8) is 0 Å². The number of hydrogen-bond donors (Lipinski definition) is 2. The number of hydrogen-bond acceptors (Lipinski definition) is 3. The van der Waals surface area contributed by atoms with Crippen molar-refractivity contribution < 1.29 is 0 Å². The Labute approximate surface area is 84.9 Å². The maximum atomic E-state index is 4.72. The average Bonchev–Trinajstić information content (AvgIpc) is 2.19. The zero-order chi connectivity index (χ0) is 9.80. The van der Waals surface area contributed by atoms with Crippen molar-refractivity contribution >= 4 is 12.2 Å². The van der Waals surface area contributed by atoms with Gasteiger partial charge in [0.15, 0.2) is 0 Å². The summed E-state index contributed by atoms with van der Waals surface area (Å²) in [5.74, 6) is 1.11. The molecule has 0 aromatic heterocycles. The Kier molecular flexibility index (Phi) is 3.14. The third-order valence-electron chi connectivity index (χ3n) is 2.70. The summed E-state index contributed by atoms with van der Waals surface area (Å²) in [5.41, 5.74) is 0. The number of nitrogens with one attached hydrogen (secondary N) is 2. The Bertz CT molecular complexity index is 241. The first-order valence-electron chi connectivity index (χ1n) is 5.40. The van der Waals surface area contributed by atoms with Crippen LogP contribution in [0.4, 0.5) is 0 Å². The van der Waals surface area contributed by atoms with Crippen molar-refractivity contribution in [2.75, 3.05) is 13.1 Å². The summed E-state index contributed by atoms with van der Waals surface area (Å²) in [7, 11) is 0. The van der Waals surface area contributed by atoms with Crippen molar-refractivity contribution in [3.05, 3.63) is 0 Å². The van der Waals surface area contributed by atoms with Crippen LogP contribution in [0.15, 0.2) is 9.98 Å². The molecule has 1 unspecified atom stereocenters. The van der Waals surface area contributed by atoms with Crippen LogP contribution in [-0.4, -0.2) is 37.3 Å². The molecule has 2 aliphatic rings. The van der Waals surface area contributed by atoms with Gasteiger partial charge in [0.05, 0.1) is 18.4 Å².